The lowest BCUT2D eigenvalue weighted by atomic mass is 10.3. The van der Waals surface area contributed by atoms with Crippen molar-refractivity contribution in [3.63, 3.8) is 0 Å². The first-order chi connectivity index (χ1) is 7.68. The van der Waals surface area contributed by atoms with Crippen LogP contribution in [-0.2, 0) is 0 Å². The smallest absolute Gasteiger partial charge is 0.121 e. The van der Waals surface area contributed by atoms with Crippen molar-refractivity contribution in [3.8, 4) is 0 Å². The van der Waals surface area contributed by atoms with Crippen LogP contribution in [0.2, 0.25) is 5.02 Å². The molecular weight excluding hydrogens is 308 g/mol. The molecule has 0 saturated carbocycles. The van der Waals surface area contributed by atoms with Gasteiger partial charge in [-0.1, -0.05) is 11.6 Å². The van der Waals surface area contributed by atoms with E-state index >= 15 is 0 Å². The van der Waals surface area contributed by atoms with Crippen LogP contribution >= 0.6 is 39.3 Å². The molecule has 0 aromatic carbocycles. The Morgan fingerprint density at radius 3 is 2.69 bits per heavy atom. The van der Waals surface area contributed by atoms with E-state index in [-0.39, 0.29) is 0 Å². The summed E-state index contributed by atoms with van der Waals surface area (Å²) in [7, 11) is 0. The van der Waals surface area contributed by atoms with Gasteiger partial charge in [-0.3, -0.25) is 0 Å². The van der Waals surface area contributed by atoms with Gasteiger partial charge < -0.3 is 0 Å². The molecule has 0 amide bonds. The van der Waals surface area contributed by atoms with E-state index in [4.69, 9.17) is 11.6 Å². The maximum Gasteiger partial charge on any atom is 0.121 e. The van der Waals surface area contributed by atoms with Crippen LogP contribution in [0.25, 0.3) is 0 Å². The minimum atomic E-state index is 0.641. The number of halogens is 2. The van der Waals surface area contributed by atoms with Gasteiger partial charge in [0, 0.05) is 12.4 Å². The molecule has 0 bridgehead atoms. The molecule has 2 nitrogen and oxygen atoms in total. The number of rotatable bonds is 2. The lowest BCUT2D eigenvalue weighted by Crippen LogP contribution is -1.87. The quantitative estimate of drug-likeness (QED) is 0.824. The largest absolute Gasteiger partial charge is 0.248 e. The van der Waals surface area contributed by atoms with Crippen LogP contribution in [0.1, 0.15) is 5.56 Å². The van der Waals surface area contributed by atoms with Crippen molar-refractivity contribution in [1.29, 1.82) is 0 Å². The Bertz CT molecular complexity index is 519. The SMILES string of the molecule is Cc1ccnc(Sc2ncccc2Cl)c1Br. The molecular formula is C11H8BrClN2S. The highest BCUT2D eigenvalue weighted by molar-refractivity contribution is 9.10. The Kier molecular flexibility index (Phi) is 3.84. The summed E-state index contributed by atoms with van der Waals surface area (Å²) < 4.78 is 0.988. The van der Waals surface area contributed by atoms with E-state index in [0.29, 0.717) is 5.02 Å². The second-order valence-electron chi connectivity index (χ2n) is 3.14. The lowest BCUT2D eigenvalue weighted by Gasteiger charge is -2.05. The molecule has 2 aromatic rings. The number of nitrogens with zero attached hydrogens (tertiary/aromatic N) is 2. The van der Waals surface area contributed by atoms with E-state index in [0.717, 1.165) is 20.1 Å². The van der Waals surface area contributed by atoms with Crippen molar-refractivity contribution in [2.75, 3.05) is 0 Å². The number of hydrogen-bond donors (Lipinski definition) is 0. The van der Waals surface area contributed by atoms with E-state index < -0.39 is 0 Å². The molecule has 16 heavy (non-hydrogen) atoms. The predicted octanol–water partition coefficient (Wildman–Crippen LogP) is 4.35. The zero-order chi connectivity index (χ0) is 11.5. The molecule has 0 unspecified atom stereocenters. The number of hydrogen-bond acceptors (Lipinski definition) is 3. The Balaban J connectivity index is 2.35. The van der Waals surface area contributed by atoms with Crippen LogP contribution in [0, 0.1) is 6.92 Å². The monoisotopic (exact) mass is 314 g/mol. The maximum atomic E-state index is 6.04. The summed E-state index contributed by atoms with van der Waals surface area (Å²) in [5.41, 5.74) is 1.14. The van der Waals surface area contributed by atoms with E-state index in [1.807, 2.05) is 25.1 Å². The summed E-state index contributed by atoms with van der Waals surface area (Å²) in [6.07, 6.45) is 3.50. The van der Waals surface area contributed by atoms with Gasteiger partial charge >= 0.3 is 0 Å². The first-order valence-corrected chi connectivity index (χ1v) is 6.56. The Hall–Kier alpha value is -0.580. The van der Waals surface area contributed by atoms with Crippen LogP contribution in [-0.4, -0.2) is 9.97 Å². The van der Waals surface area contributed by atoms with Crippen LogP contribution < -0.4 is 0 Å². The number of aromatic nitrogens is 2. The molecule has 0 aliphatic heterocycles. The van der Waals surface area contributed by atoms with E-state index in [9.17, 15) is 0 Å². The molecule has 0 atom stereocenters. The lowest BCUT2D eigenvalue weighted by molar-refractivity contribution is 1.06. The Labute approximate surface area is 112 Å². The fraction of sp³-hybridized carbons (Fsp3) is 0.0909. The van der Waals surface area contributed by atoms with Gasteiger partial charge in [0.2, 0.25) is 0 Å². The van der Waals surface area contributed by atoms with Gasteiger partial charge in [0.25, 0.3) is 0 Å². The third-order valence-corrected chi connectivity index (χ3v) is 4.67. The minimum absolute atomic E-state index is 0.641. The summed E-state index contributed by atoms with van der Waals surface area (Å²) >= 11 is 11.0. The molecule has 0 aliphatic carbocycles. The van der Waals surface area contributed by atoms with Gasteiger partial charge in [-0.05, 0) is 58.4 Å². The van der Waals surface area contributed by atoms with Crippen molar-refractivity contribution in [2.45, 2.75) is 17.0 Å². The fourth-order valence-corrected chi connectivity index (χ4v) is 2.67. The zero-order valence-corrected chi connectivity index (χ0v) is 11.6. The molecule has 2 rings (SSSR count). The molecule has 82 valence electrons. The average Bonchev–Trinajstić information content (AvgIpc) is 2.28. The van der Waals surface area contributed by atoms with Gasteiger partial charge in [0.1, 0.15) is 10.1 Å². The summed E-state index contributed by atoms with van der Waals surface area (Å²) in [5.74, 6) is 0. The van der Waals surface area contributed by atoms with Gasteiger partial charge in [0.05, 0.1) is 9.50 Å². The molecule has 5 heteroatoms. The van der Waals surface area contributed by atoms with Crippen molar-refractivity contribution in [1.82, 2.24) is 9.97 Å². The molecule has 2 heterocycles. The van der Waals surface area contributed by atoms with Crippen molar-refractivity contribution < 1.29 is 0 Å². The van der Waals surface area contributed by atoms with Gasteiger partial charge in [0.15, 0.2) is 0 Å². The van der Waals surface area contributed by atoms with Gasteiger partial charge in [-0.25, -0.2) is 9.97 Å². The van der Waals surface area contributed by atoms with Crippen LogP contribution in [0.4, 0.5) is 0 Å². The summed E-state index contributed by atoms with van der Waals surface area (Å²) in [4.78, 5) is 8.51. The van der Waals surface area contributed by atoms with E-state index in [2.05, 4.69) is 25.9 Å². The third-order valence-electron chi connectivity index (χ3n) is 1.97. The topological polar surface area (TPSA) is 25.8 Å². The van der Waals surface area contributed by atoms with Crippen molar-refractivity contribution in [2.24, 2.45) is 0 Å². The molecule has 0 fully saturated rings. The second-order valence-corrected chi connectivity index (χ2v) is 5.32. The van der Waals surface area contributed by atoms with Crippen LogP contribution in [0.15, 0.2) is 45.1 Å². The molecule has 0 N–H and O–H groups in total. The van der Waals surface area contributed by atoms with E-state index in [1.54, 1.807) is 12.4 Å². The maximum absolute atomic E-state index is 6.04. The van der Waals surface area contributed by atoms with E-state index in [1.165, 1.54) is 11.8 Å². The zero-order valence-electron chi connectivity index (χ0n) is 8.45. The summed E-state index contributed by atoms with van der Waals surface area (Å²) in [5, 5.41) is 2.28. The van der Waals surface area contributed by atoms with Crippen LogP contribution in [0.5, 0.6) is 0 Å². The normalized spacial score (nSPS) is 10.4. The highest BCUT2D eigenvalue weighted by Crippen LogP contribution is 2.35. The summed E-state index contributed by atoms with van der Waals surface area (Å²) in [6.45, 7) is 2.02. The fourth-order valence-electron chi connectivity index (χ4n) is 1.12. The Morgan fingerprint density at radius 1 is 1.19 bits per heavy atom. The van der Waals surface area contributed by atoms with Crippen molar-refractivity contribution in [3.05, 3.63) is 45.7 Å². The minimum Gasteiger partial charge on any atom is -0.248 e. The standard InChI is InChI=1S/C11H8BrClN2S/c1-7-4-6-15-11(9(7)12)16-10-8(13)3-2-5-14-10/h2-6H,1H3. The third kappa shape index (κ3) is 2.56. The molecule has 0 spiro atoms. The number of aryl methyl sites for hydroxylation is 1. The first kappa shape index (κ1) is 11.9. The first-order valence-electron chi connectivity index (χ1n) is 4.58. The van der Waals surface area contributed by atoms with Crippen LogP contribution in [0.3, 0.4) is 0 Å². The van der Waals surface area contributed by atoms with Crippen molar-refractivity contribution >= 4 is 39.3 Å². The van der Waals surface area contributed by atoms with Gasteiger partial charge in [-0.2, -0.15) is 0 Å². The highest BCUT2D eigenvalue weighted by Gasteiger charge is 2.09. The molecule has 0 aliphatic rings. The molecule has 2 aromatic heterocycles. The Morgan fingerprint density at radius 2 is 1.94 bits per heavy atom. The predicted molar refractivity (Wildman–Crippen MR) is 70.0 cm³/mol. The molecule has 0 radical (unpaired) electrons. The number of pyridine rings is 2. The average molecular weight is 316 g/mol. The van der Waals surface area contributed by atoms with Gasteiger partial charge in [-0.15, -0.1) is 0 Å². The summed E-state index contributed by atoms with van der Waals surface area (Å²) in [6, 6.07) is 5.58. The second kappa shape index (κ2) is 5.17. The molecule has 0 saturated heterocycles. The highest BCUT2D eigenvalue weighted by atomic mass is 79.9.